The predicted octanol–water partition coefficient (Wildman–Crippen LogP) is 0.0816. The van der Waals surface area contributed by atoms with Gasteiger partial charge in [0.25, 0.3) is 0 Å². The third-order valence-electron chi connectivity index (χ3n) is 4.00. The van der Waals surface area contributed by atoms with Crippen LogP contribution >= 0.6 is 0 Å². The van der Waals surface area contributed by atoms with Crippen molar-refractivity contribution in [1.82, 2.24) is 14.7 Å². The fourth-order valence-corrected chi connectivity index (χ4v) is 2.73. The molecule has 1 rings (SSSR count). The Kier molecular flexibility index (Phi) is 9.65. The zero-order valence-electron chi connectivity index (χ0n) is 16.9. The van der Waals surface area contributed by atoms with Gasteiger partial charge in [0.15, 0.2) is 0 Å². The standard InChI is InChI=1S/C19H32N4O4/c1-15(2)11-17(24)22(6-5-20)13-19(26)23(12-16(3)4)14-18(25)21-7-9-27-10-8-21/h15-16H,7-14,20H2,1-4H3. The average molecular weight is 380 g/mol. The maximum atomic E-state index is 12.8. The fourth-order valence-electron chi connectivity index (χ4n) is 2.73. The summed E-state index contributed by atoms with van der Waals surface area (Å²) in [6, 6.07) is 4.69. The van der Waals surface area contributed by atoms with E-state index in [1.54, 1.807) is 4.90 Å². The first-order valence-electron chi connectivity index (χ1n) is 9.39. The second-order valence-electron chi connectivity index (χ2n) is 7.50. The molecule has 0 unspecified atom stereocenters. The lowest BCUT2D eigenvalue weighted by molar-refractivity contribution is -0.144. The van der Waals surface area contributed by atoms with Crippen molar-refractivity contribution < 1.29 is 19.1 Å². The summed E-state index contributed by atoms with van der Waals surface area (Å²) in [6.07, 6.45) is 0.277. The first-order chi connectivity index (χ1) is 12.7. The molecule has 1 heterocycles. The van der Waals surface area contributed by atoms with Crippen LogP contribution in [-0.2, 0) is 19.1 Å². The SMILES string of the molecule is CC(C)CC(=O)N(C#CN)CC(=O)N(CC(=O)N1CCOCC1)CC(C)C. The number of ether oxygens (including phenoxy) is 1. The molecule has 1 aliphatic heterocycles. The summed E-state index contributed by atoms with van der Waals surface area (Å²) in [7, 11) is 0. The van der Waals surface area contributed by atoms with Crippen molar-refractivity contribution >= 4 is 17.7 Å². The zero-order chi connectivity index (χ0) is 20.4. The van der Waals surface area contributed by atoms with Crippen molar-refractivity contribution in [1.29, 1.82) is 0 Å². The van der Waals surface area contributed by atoms with Gasteiger partial charge in [0.1, 0.15) is 6.54 Å². The Morgan fingerprint density at radius 1 is 1.04 bits per heavy atom. The molecule has 0 atom stereocenters. The van der Waals surface area contributed by atoms with E-state index >= 15 is 0 Å². The van der Waals surface area contributed by atoms with E-state index in [9.17, 15) is 14.4 Å². The third-order valence-corrected chi connectivity index (χ3v) is 4.00. The highest BCUT2D eigenvalue weighted by Gasteiger charge is 2.26. The molecule has 2 N–H and O–H groups in total. The minimum absolute atomic E-state index is 0.0146. The second-order valence-corrected chi connectivity index (χ2v) is 7.50. The molecule has 8 heteroatoms. The maximum absolute atomic E-state index is 12.8. The van der Waals surface area contributed by atoms with Gasteiger partial charge in [-0.2, -0.15) is 0 Å². The number of rotatable bonds is 8. The number of amides is 3. The van der Waals surface area contributed by atoms with Crippen molar-refractivity contribution in [2.45, 2.75) is 34.1 Å². The van der Waals surface area contributed by atoms with E-state index < -0.39 is 0 Å². The van der Waals surface area contributed by atoms with Gasteiger partial charge >= 0.3 is 0 Å². The molecule has 27 heavy (non-hydrogen) atoms. The monoisotopic (exact) mass is 380 g/mol. The van der Waals surface area contributed by atoms with Crippen LogP contribution in [0.1, 0.15) is 34.1 Å². The predicted molar refractivity (Wildman–Crippen MR) is 102 cm³/mol. The lowest BCUT2D eigenvalue weighted by atomic mass is 10.1. The molecule has 8 nitrogen and oxygen atoms in total. The normalized spacial score (nSPS) is 13.9. The number of carbonyl (C=O) groups is 3. The van der Waals surface area contributed by atoms with Gasteiger partial charge in [0, 0.05) is 38.1 Å². The molecule has 1 aliphatic rings. The van der Waals surface area contributed by atoms with Crippen LogP contribution in [0.5, 0.6) is 0 Å². The molecule has 0 aromatic rings. The Bertz CT molecular complexity index is 574. The Morgan fingerprint density at radius 3 is 2.19 bits per heavy atom. The van der Waals surface area contributed by atoms with Gasteiger partial charge in [0.05, 0.1) is 19.8 Å². The van der Waals surface area contributed by atoms with E-state index in [0.717, 1.165) is 4.90 Å². The van der Waals surface area contributed by atoms with Crippen LogP contribution in [0.25, 0.3) is 0 Å². The molecule has 152 valence electrons. The highest BCUT2D eigenvalue weighted by Crippen LogP contribution is 2.07. The summed E-state index contributed by atoms with van der Waals surface area (Å²) in [6.45, 7) is 10.1. The summed E-state index contributed by atoms with van der Waals surface area (Å²) in [5, 5.41) is 0. The molecule has 1 saturated heterocycles. The topological polar surface area (TPSA) is 96.2 Å². The molecule has 0 spiro atoms. The first-order valence-corrected chi connectivity index (χ1v) is 9.39. The number of carbonyl (C=O) groups excluding carboxylic acids is 3. The van der Waals surface area contributed by atoms with Crippen LogP contribution in [0, 0.1) is 23.9 Å². The second kappa shape index (κ2) is 11.4. The van der Waals surface area contributed by atoms with E-state index in [0.29, 0.717) is 32.8 Å². The summed E-state index contributed by atoms with van der Waals surface area (Å²) >= 11 is 0. The van der Waals surface area contributed by atoms with Crippen molar-refractivity contribution in [3.8, 4) is 12.1 Å². The van der Waals surface area contributed by atoms with E-state index in [1.807, 2.05) is 27.7 Å². The van der Waals surface area contributed by atoms with Crippen LogP contribution in [-0.4, -0.2) is 78.4 Å². The van der Waals surface area contributed by atoms with Crippen LogP contribution in [0.2, 0.25) is 0 Å². The van der Waals surface area contributed by atoms with E-state index in [2.05, 4.69) is 12.1 Å². The van der Waals surface area contributed by atoms with Crippen LogP contribution in [0.15, 0.2) is 0 Å². The lowest BCUT2D eigenvalue weighted by Crippen LogP contribution is -2.50. The van der Waals surface area contributed by atoms with Crippen molar-refractivity contribution in [2.75, 3.05) is 45.9 Å². The summed E-state index contributed by atoms with van der Waals surface area (Å²) in [4.78, 5) is 42.0. The summed E-state index contributed by atoms with van der Waals surface area (Å²) in [5.74, 6) is -0.348. The number of nitrogens with zero attached hydrogens (tertiary/aromatic N) is 3. The van der Waals surface area contributed by atoms with Crippen LogP contribution in [0.4, 0.5) is 0 Å². The number of hydrogen-bond donors (Lipinski definition) is 1. The average Bonchev–Trinajstić information content (AvgIpc) is 2.60. The van der Waals surface area contributed by atoms with Crippen LogP contribution < -0.4 is 5.73 Å². The Labute approximate surface area is 162 Å². The smallest absolute Gasteiger partial charge is 0.243 e. The largest absolute Gasteiger partial charge is 0.378 e. The van der Waals surface area contributed by atoms with Crippen molar-refractivity contribution in [3.05, 3.63) is 0 Å². The van der Waals surface area contributed by atoms with Gasteiger partial charge in [-0.3, -0.25) is 19.3 Å². The number of morpholine rings is 1. The Morgan fingerprint density at radius 2 is 1.67 bits per heavy atom. The fraction of sp³-hybridized carbons (Fsp3) is 0.737. The first kappa shape index (κ1) is 22.8. The third kappa shape index (κ3) is 8.31. The Balaban J connectivity index is 2.80. The summed E-state index contributed by atoms with van der Waals surface area (Å²) in [5.41, 5.74) is 5.26. The molecule has 0 saturated carbocycles. The minimum atomic E-state index is -0.315. The lowest BCUT2D eigenvalue weighted by Gasteiger charge is -2.31. The zero-order valence-corrected chi connectivity index (χ0v) is 16.9. The Hall–Kier alpha value is -2.27. The van der Waals surface area contributed by atoms with Crippen molar-refractivity contribution in [2.24, 2.45) is 17.6 Å². The molecule has 0 aromatic carbocycles. The molecule has 0 aliphatic carbocycles. The number of hydrogen-bond acceptors (Lipinski definition) is 5. The number of nitrogens with two attached hydrogens (primary N) is 1. The van der Waals surface area contributed by atoms with Gasteiger partial charge in [-0.25, -0.2) is 0 Å². The van der Waals surface area contributed by atoms with Gasteiger partial charge in [-0.05, 0) is 11.8 Å². The maximum Gasteiger partial charge on any atom is 0.243 e. The molecule has 0 radical (unpaired) electrons. The molecule has 3 amide bonds. The molecular formula is C19H32N4O4. The molecule has 0 aromatic heterocycles. The van der Waals surface area contributed by atoms with E-state index in [4.69, 9.17) is 10.5 Å². The van der Waals surface area contributed by atoms with Gasteiger partial charge < -0.3 is 20.3 Å². The van der Waals surface area contributed by atoms with E-state index in [-0.39, 0.29) is 49.1 Å². The highest BCUT2D eigenvalue weighted by molar-refractivity contribution is 5.89. The molecular weight excluding hydrogens is 348 g/mol. The van der Waals surface area contributed by atoms with Gasteiger partial charge in [-0.15, -0.1) is 0 Å². The highest BCUT2D eigenvalue weighted by atomic mass is 16.5. The van der Waals surface area contributed by atoms with Crippen molar-refractivity contribution in [3.63, 3.8) is 0 Å². The van der Waals surface area contributed by atoms with Crippen LogP contribution in [0.3, 0.4) is 0 Å². The minimum Gasteiger partial charge on any atom is -0.378 e. The quantitative estimate of drug-likeness (QED) is 0.475. The molecule has 0 bridgehead atoms. The molecule has 1 fully saturated rings. The van der Waals surface area contributed by atoms with Gasteiger partial charge in [-0.1, -0.05) is 27.7 Å². The summed E-state index contributed by atoms with van der Waals surface area (Å²) < 4.78 is 5.26. The van der Waals surface area contributed by atoms with Gasteiger partial charge in [0.2, 0.25) is 17.7 Å². The van der Waals surface area contributed by atoms with E-state index in [1.165, 1.54) is 4.90 Å².